The Morgan fingerprint density at radius 1 is 1.24 bits per heavy atom. The van der Waals surface area contributed by atoms with Gasteiger partial charge in [-0.05, 0) is 31.0 Å². The molecule has 1 fully saturated rings. The third kappa shape index (κ3) is 3.25. The van der Waals surface area contributed by atoms with Gasteiger partial charge >= 0.3 is 0 Å². The maximum absolute atomic E-state index is 12.3. The summed E-state index contributed by atoms with van der Waals surface area (Å²) < 4.78 is 1.71. The van der Waals surface area contributed by atoms with Crippen LogP contribution < -0.4 is 5.32 Å². The molecule has 2 aromatic heterocycles. The number of pyridine rings is 1. The van der Waals surface area contributed by atoms with E-state index in [-0.39, 0.29) is 18.0 Å². The molecule has 6 nitrogen and oxygen atoms in total. The second kappa shape index (κ2) is 6.64. The SMILES string of the molecule is O=C(CCc1ccc2ccccc2n1)N[C@H]1C[C@@H](O)[C@@H]1n1cccn1. The summed E-state index contributed by atoms with van der Waals surface area (Å²) in [6.45, 7) is 0. The van der Waals surface area contributed by atoms with Gasteiger partial charge in [-0.2, -0.15) is 5.10 Å². The van der Waals surface area contributed by atoms with Gasteiger partial charge < -0.3 is 10.4 Å². The molecule has 3 atom stereocenters. The van der Waals surface area contributed by atoms with E-state index >= 15 is 0 Å². The second-order valence-electron chi connectivity index (χ2n) is 6.45. The van der Waals surface area contributed by atoms with Gasteiger partial charge in [0.25, 0.3) is 0 Å². The Hall–Kier alpha value is -2.73. The lowest BCUT2D eigenvalue weighted by atomic mass is 9.83. The molecule has 1 aliphatic carbocycles. The van der Waals surface area contributed by atoms with Gasteiger partial charge in [-0.25, -0.2) is 0 Å². The molecule has 0 aliphatic heterocycles. The lowest BCUT2D eigenvalue weighted by molar-refractivity contribution is -0.124. The summed E-state index contributed by atoms with van der Waals surface area (Å²) in [5.41, 5.74) is 1.85. The number of rotatable bonds is 5. The second-order valence-corrected chi connectivity index (χ2v) is 6.45. The molecule has 4 rings (SSSR count). The molecule has 128 valence electrons. The number of carbonyl (C=O) groups is 1. The normalized spacial score (nSPS) is 22.5. The summed E-state index contributed by atoms with van der Waals surface area (Å²) in [6.07, 6.45) is 4.56. The van der Waals surface area contributed by atoms with E-state index in [4.69, 9.17) is 0 Å². The van der Waals surface area contributed by atoms with Crippen LogP contribution in [0.3, 0.4) is 0 Å². The van der Waals surface area contributed by atoms with Crippen molar-refractivity contribution < 1.29 is 9.90 Å². The van der Waals surface area contributed by atoms with Crippen molar-refractivity contribution in [3.05, 3.63) is 60.6 Å². The fourth-order valence-corrected chi connectivity index (χ4v) is 3.34. The van der Waals surface area contributed by atoms with Crippen LogP contribution in [0.1, 0.15) is 24.6 Å². The zero-order chi connectivity index (χ0) is 17.2. The van der Waals surface area contributed by atoms with E-state index in [0.717, 1.165) is 16.6 Å². The largest absolute Gasteiger partial charge is 0.391 e. The van der Waals surface area contributed by atoms with E-state index in [2.05, 4.69) is 15.4 Å². The Labute approximate surface area is 145 Å². The first-order valence-corrected chi connectivity index (χ1v) is 8.52. The lowest BCUT2D eigenvalue weighted by Gasteiger charge is -2.41. The summed E-state index contributed by atoms with van der Waals surface area (Å²) >= 11 is 0. The van der Waals surface area contributed by atoms with Gasteiger partial charge in [0.15, 0.2) is 0 Å². The van der Waals surface area contributed by atoms with E-state index in [0.29, 0.717) is 19.3 Å². The van der Waals surface area contributed by atoms with Gasteiger partial charge in [-0.15, -0.1) is 0 Å². The van der Waals surface area contributed by atoms with Gasteiger partial charge in [-0.3, -0.25) is 14.5 Å². The van der Waals surface area contributed by atoms with Crippen LogP contribution in [0.15, 0.2) is 54.9 Å². The summed E-state index contributed by atoms with van der Waals surface area (Å²) in [7, 11) is 0. The highest BCUT2D eigenvalue weighted by molar-refractivity contribution is 5.79. The maximum atomic E-state index is 12.3. The highest BCUT2D eigenvalue weighted by Gasteiger charge is 2.42. The van der Waals surface area contributed by atoms with Crippen LogP contribution in [-0.2, 0) is 11.2 Å². The zero-order valence-electron chi connectivity index (χ0n) is 13.7. The molecule has 0 radical (unpaired) electrons. The van der Waals surface area contributed by atoms with E-state index < -0.39 is 6.10 Å². The van der Waals surface area contributed by atoms with Crippen molar-refractivity contribution in [1.82, 2.24) is 20.1 Å². The molecule has 0 spiro atoms. The quantitative estimate of drug-likeness (QED) is 0.745. The molecule has 1 aliphatic rings. The Balaban J connectivity index is 1.34. The number of carbonyl (C=O) groups excluding carboxylic acids is 1. The van der Waals surface area contributed by atoms with Gasteiger partial charge in [0.05, 0.1) is 23.7 Å². The summed E-state index contributed by atoms with van der Waals surface area (Å²) in [5, 5.41) is 18.2. The minimum Gasteiger partial charge on any atom is -0.391 e. The summed E-state index contributed by atoms with van der Waals surface area (Å²) in [6, 6.07) is 13.5. The fourth-order valence-electron chi connectivity index (χ4n) is 3.34. The maximum Gasteiger partial charge on any atom is 0.220 e. The van der Waals surface area contributed by atoms with Crippen LogP contribution in [0, 0.1) is 0 Å². The Morgan fingerprint density at radius 2 is 2.12 bits per heavy atom. The molecule has 1 aromatic carbocycles. The molecule has 0 bridgehead atoms. The monoisotopic (exact) mass is 336 g/mol. The number of benzene rings is 1. The van der Waals surface area contributed by atoms with Crippen LogP contribution in [0.25, 0.3) is 10.9 Å². The zero-order valence-corrected chi connectivity index (χ0v) is 13.7. The van der Waals surface area contributed by atoms with E-state index in [1.807, 2.05) is 48.7 Å². The minimum absolute atomic E-state index is 0.0241. The van der Waals surface area contributed by atoms with Crippen molar-refractivity contribution in [3.63, 3.8) is 0 Å². The molecule has 0 unspecified atom stereocenters. The number of nitrogens with zero attached hydrogens (tertiary/aromatic N) is 3. The predicted molar refractivity (Wildman–Crippen MR) is 93.9 cm³/mol. The smallest absolute Gasteiger partial charge is 0.220 e. The minimum atomic E-state index is -0.465. The Morgan fingerprint density at radius 3 is 2.92 bits per heavy atom. The first-order chi connectivity index (χ1) is 12.2. The number of nitrogens with one attached hydrogen (secondary N) is 1. The van der Waals surface area contributed by atoms with Crippen LogP contribution in [0.5, 0.6) is 0 Å². The third-order valence-electron chi connectivity index (χ3n) is 4.74. The van der Waals surface area contributed by atoms with Crippen molar-refractivity contribution in [2.75, 3.05) is 0 Å². The van der Waals surface area contributed by atoms with Crippen molar-refractivity contribution in [1.29, 1.82) is 0 Å². The lowest BCUT2D eigenvalue weighted by Crippen LogP contribution is -2.56. The van der Waals surface area contributed by atoms with Crippen LogP contribution in [0.2, 0.25) is 0 Å². The molecule has 3 aromatic rings. The summed E-state index contributed by atoms with van der Waals surface area (Å²) in [4.78, 5) is 16.8. The predicted octanol–water partition coefficient (Wildman–Crippen LogP) is 1.85. The fraction of sp³-hybridized carbons (Fsp3) is 0.316. The number of aryl methyl sites for hydroxylation is 1. The molecule has 1 saturated carbocycles. The number of fused-ring (bicyclic) bond motifs is 1. The van der Waals surface area contributed by atoms with Crippen molar-refractivity contribution >= 4 is 16.8 Å². The Kier molecular flexibility index (Phi) is 4.19. The van der Waals surface area contributed by atoms with Gasteiger partial charge in [0, 0.05) is 29.9 Å². The number of para-hydroxylation sites is 1. The number of aliphatic hydroxyl groups is 1. The highest BCUT2D eigenvalue weighted by atomic mass is 16.3. The van der Waals surface area contributed by atoms with E-state index in [9.17, 15) is 9.90 Å². The molecule has 25 heavy (non-hydrogen) atoms. The number of amides is 1. The summed E-state index contributed by atoms with van der Waals surface area (Å²) in [5.74, 6) is -0.0241. The number of aromatic nitrogens is 3. The number of hydrogen-bond acceptors (Lipinski definition) is 4. The molecule has 1 amide bonds. The van der Waals surface area contributed by atoms with Gasteiger partial charge in [0.1, 0.15) is 0 Å². The number of hydrogen-bond donors (Lipinski definition) is 2. The molecular formula is C19H20N4O2. The molecule has 0 saturated heterocycles. The van der Waals surface area contributed by atoms with Gasteiger partial charge in [-0.1, -0.05) is 24.3 Å². The Bertz CT molecular complexity index is 878. The standard InChI is InChI=1S/C19H20N4O2/c24-17-12-16(19(17)23-11-3-10-20-23)22-18(25)9-8-14-7-6-13-4-1-2-5-15(13)21-14/h1-7,10-11,16-17,19,24H,8-9,12H2,(H,22,25)/t16-,17+,19+/m0/s1. The molecule has 2 N–H and O–H groups in total. The van der Waals surface area contributed by atoms with Crippen molar-refractivity contribution in [2.45, 2.75) is 37.5 Å². The molecule has 6 heteroatoms. The first-order valence-electron chi connectivity index (χ1n) is 8.52. The van der Waals surface area contributed by atoms with E-state index in [1.165, 1.54) is 0 Å². The van der Waals surface area contributed by atoms with Crippen LogP contribution >= 0.6 is 0 Å². The van der Waals surface area contributed by atoms with E-state index in [1.54, 1.807) is 10.9 Å². The molecular weight excluding hydrogens is 316 g/mol. The van der Waals surface area contributed by atoms with Crippen molar-refractivity contribution in [2.24, 2.45) is 0 Å². The highest BCUT2D eigenvalue weighted by Crippen LogP contribution is 2.32. The average Bonchev–Trinajstić information content (AvgIpc) is 3.12. The topological polar surface area (TPSA) is 80.0 Å². The van der Waals surface area contributed by atoms with Crippen molar-refractivity contribution in [3.8, 4) is 0 Å². The average molecular weight is 336 g/mol. The third-order valence-corrected chi connectivity index (χ3v) is 4.74. The van der Waals surface area contributed by atoms with Gasteiger partial charge in [0.2, 0.25) is 5.91 Å². The molecule has 2 heterocycles. The van der Waals surface area contributed by atoms with Crippen LogP contribution in [-0.4, -0.2) is 37.9 Å². The van der Waals surface area contributed by atoms with Crippen LogP contribution in [0.4, 0.5) is 0 Å². The first kappa shape index (κ1) is 15.8. The number of aliphatic hydroxyl groups excluding tert-OH is 1.